The molecule has 156 valence electrons. The van der Waals surface area contributed by atoms with E-state index in [4.69, 9.17) is 32.4 Å². The Balaban J connectivity index is 1.91. The van der Waals surface area contributed by atoms with Gasteiger partial charge >= 0.3 is 11.4 Å². The fourth-order valence-electron chi connectivity index (χ4n) is 5.47. The van der Waals surface area contributed by atoms with Crippen molar-refractivity contribution >= 4 is 56.8 Å². The van der Waals surface area contributed by atoms with Crippen LogP contribution in [0, 0.1) is 0 Å². The van der Waals surface area contributed by atoms with Gasteiger partial charge < -0.3 is 29.9 Å². The third-order valence-corrected chi connectivity index (χ3v) is 8.04. The molecule has 2 aromatic rings. The van der Waals surface area contributed by atoms with E-state index in [1.807, 2.05) is 48.5 Å². The van der Waals surface area contributed by atoms with Gasteiger partial charge in [0.2, 0.25) is 0 Å². The van der Waals surface area contributed by atoms with Gasteiger partial charge in [-0.2, -0.15) is 5.46 Å². The Morgan fingerprint density at radius 2 is 1.10 bits per heavy atom. The molecule has 0 amide bonds. The quantitative estimate of drug-likeness (QED) is 0.668. The van der Waals surface area contributed by atoms with Crippen LogP contribution in [0.4, 0.5) is 0 Å². The minimum Gasteiger partial charge on any atom is -0.476 e. The molecule has 0 bridgehead atoms. The molecule has 0 unspecified atom stereocenters. The van der Waals surface area contributed by atoms with Crippen molar-refractivity contribution in [2.45, 2.75) is 38.8 Å². The summed E-state index contributed by atoms with van der Waals surface area (Å²) in [6, 6.07) is 20.3. The van der Waals surface area contributed by atoms with Gasteiger partial charge in [-0.05, 0) is 33.2 Å². The first-order valence-electron chi connectivity index (χ1n) is 10.5. The molecule has 0 saturated heterocycles. The first-order valence-corrected chi connectivity index (χ1v) is 11.4. The fraction of sp³-hybridized carbons (Fsp3) is 0.364. The Morgan fingerprint density at radius 1 is 0.700 bits per heavy atom. The van der Waals surface area contributed by atoms with Crippen molar-refractivity contribution in [1.82, 2.24) is 0 Å². The number of ether oxygens (including phenoxy) is 2. The van der Waals surface area contributed by atoms with Crippen LogP contribution in [-0.2, 0) is 9.47 Å². The van der Waals surface area contributed by atoms with Crippen molar-refractivity contribution < 1.29 is 18.4 Å². The van der Waals surface area contributed by atoms with E-state index in [9.17, 15) is 0 Å². The molecule has 0 atom stereocenters. The zero-order chi connectivity index (χ0) is 21.4. The van der Waals surface area contributed by atoms with Gasteiger partial charge in [-0.1, -0.05) is 60.7 Å². The van der Waals surface area contributed by atoms with E-state index in [0.29, 0.717) is 24.8 Å². The average molecular weight is 443 g/mol. The lowest BCUT2D eigenvalue weighted by molar-refractivity contribution is -0.590. The van der Waals surface area contributed by atoms with Crippen LogP contribution in [0.15, 0.2) is 60.7 Å². The zero-order valence-electron chi connectivity index (χ0n) is 17.8. The minimum atomic E-state index is -1.96. The topological polar surface area (TPSA) is 24.5 Å². The molecule has 5 rings (SSSR count). The van der Waals surface area contributed by atoms with Crippen molar-refractivity contribution in [2.75, 3.05) is 13.2 Å². The van der Waals surface area contributed by atoms with Crippen LogP contribution < -0.4 is 10.9 Å². The van der Waals surface area contributed by atoms with Crippen LogP contribution in [0.3, 0.4) is 0 Å². The lowest BCUT2D eigenvalue weighted by Crippen LogP contribution is -2.78. The predicted molar refractivity (Wildman–Crippen MR) is 126 cm³/mol. The molecular formula is C22H26B2Cl2N2O2. The maximum atomic E-state index is 7.75. The van der Waals surface area contributed by atoms with E-state index < -0.39 is 11.4 Å². The second-order valence-electron chi connectivity index (χ2n) is 9.88. The van der Waals surface area contributed by atoms with E-state index in [1.165, 1.54) is 0 Å². The predicted octanol–water partition coefficient (Wildman–Crippen LogP) is 2.69. The molecule has 0 aliphatic carbocycles. The maximum Gasteiger partial charge on any atom is 0.653 e. The molecule has 0 radical (unpaired) electrons. The summed E-state index contributed by atoms with van der Waals surface area (Å²) in [5, 5.41) is 0. The Labute approximate surface area is 187 Å². The molecule has 0 N–H and O–H groups in total. The average Bonchev–Trinajstić information content (AvgIpc) is 3.24. The Kier molecular flexibility index (Phi) is 4.21. The molecule has 30 heavy (non-hydrogen) atoms. The Morgan fingerprint density at radius 3 is 1.53 bits per heavy atom. The third kappa shape index (κ3) is 2.44. The van der Waals surface area contributed by atoms with Gasteiger partial charge in [-0.15, -0.1) is 0 Å². The highest BCUT2D eigenvalue weighted by molar-refractivity contribution is 7.55. The summed E-state index contributed by atoms with van der Waals surface area (Å²) in [7, 11) is 0. The number of nitrogens with zero attached hydrogens (tertiary/aromatic N) is 2. The van der Waals surface area contributed by atoms with Crippen LogP contribution >= 0.6 is 22.9 Å². The van der Waals surface area contributed by atoms with Crippen molar-refractivity contribution in [1.29, 1.82) is 0 Å². The molecule has 3 aliphatic rings. The third-order valence-electron chi connectivity index (χ3n) is 6.77. The molecule has 0 saturated carbocycles. The van der Waals surface area contributed by atoms with E-state index >= 15 is 0 Å². The van der Waals surface area contributed by atoms with E-state index in [1.54, 1.807) is 0 Å². The summed E-state index contributed by atoms with van der Waals surface area (Å²) in [5.74, 6) is -0.515. The van der Waals surface area contributed by atoms with Gasteiger partial charge in [0.25, 0.3) is 0 Å². The summed E-state index contributed by atoms with van der Waals surface area (Å²) < 4.78 is 17.2. The fourth-order valence-corrected chi connectivity index (χ4v) is 6.82. The molecule has 4 nitrogen and oxygen atoms in total. The lowest BCUT2D eigenvalue weighted by Gasteiger charge is -2.45. The van der Waals surface area contributed by atoms with Gasteiger partial charge in [-0.3, -0.25) is 0 Å². The van der Waals surface area contributed by atoms with Gasteiger partial charge in [0.15, 0.2) is 0 Å². The smallest absolute Gasteiger partial charge is 0.476 e. The number of halogens is 2. The largest absolute Gasteiger partial charge is 0.653 e. The normalized spacial score (nSPS) is 31.1. The highest BCUT2D eigenvalue weighted by Crippen LogP contribution is 2.40. The molecule has 3 heterocycles. The second-order valence-corrected chi connectivity index (χ2v) is 11.1. The minimum absolute atomic E-state index is 0.339. The number of hydrogen-bond donors (Lipinski definition) is 0. The molecule has 3 aliphatic heterocycles. The molecule has 8 heteroatoms. The number of benzene rings is 2. The summed E-state index contributed by atoms with van der Waals surface area (Å²) in [6.45, 7) is 9.67. The van der Waals surface area contributed by atoms with Crippen LogP contribution in [0.1, 0.15) is 27.7 Å². The molecule has 2 aromatic carbocycles. The highest BCUT2D eigenvalue weighted by atomic mass is 35.5. The first kappa shape index (κ1) is 20.0. The number of rotatable bonds is 2. The molecular weight excluding hydrogens is 417 g/mol. The van der Waals surface area contributed by atoms with Gasteiger partial charge in [-0.25, -0.2) is 11.5 Å². The van der Waals surface area contributed by atoms with Crippen LogP contribution in [0.25, 0.3) is 0 Å². The van der Waals surface area contributed by atoms with Gasteiger partial charge in [0.05, 0.1) is 0 Å². The monoisotopic (exact) mass is 442 g/mol. The van der Waals surface area contributed by atoms with Gasteiger partial charge in [0.1, 0.15) is 35.9 Å². The highest BCUT2D eigenvalue weighted by Gasteiger charge is 2.71. The molecule has 0 fully saturated rings. The second kappa shape index (κ2) is 6.30. The van der Waals surface area contributed by atoms with Crippen LogP contribution in [0.5, 0.6) is 0 Å². The summed E-state index contributed by atoms with van der Waals surface area (Å²) in [5.41, 5.74) is -0.647. The van der Waals surface area contributed by atoms with E-state index in [0.717, 1.165) is 10.9 Å². The lowest BCUT2D eigenvalue weighted by atomic mass is 9.38. The van der Waals surface area contributed by atoms with Crippen LogP contribution in [-0.4, -0.2) is 56.3 Å². The molecule has 0 spiro atoms. The van der Waals surface area contributed by atoms with E-state index in [-0.39, 0.29) is 11.1 Å². The van der Waals surface area contributed by atoms with E-state index in [2.05, 4.69) is 48.8 Å². The summed E-state index contributed by atoms with van der Waals surface area (Å²) in [6.07, 6.45) is 0. The Bertz CT molecular complexity index is 1040. The standard InChI is InChI=1S/C22H26B2Cl2N2O2/c1-21(2)15-29-19-23(25,17-11-7-5-8-12-17)20-28(22(3,4)16-30-20)24(26,27(19)21)18-13-9-6-10-14-18/h5-14H,15-16H2,1-4H3. The molecule has 0 aromatic heterocycles. The maximum absolute atomic E-state index is 7.75. The van der Waals surface area contributed by atoms with Crippen molar-refractivity contribution in [3.63, 3.8) is 0 Å². The summed E-state index contributed by atoms with van der Waals surface area (Å²) in [4.78, 5) is 0. The zero-order valence-corrected chi connectivity index (χ0v) is 19.3. The van der Waals surface area contributed by atoms with Crippen LogP contribution in [0.2, 0.25) is 0 Å². The van der Waals surface area contributed by atoms with Gasteiger partial charge in [0, 0.05) is 0 Å². The van der Waals surface area contributed by atoms with Crippen molar-refractivity contribution in [3.8, 4) is 0 Å². The number of hydrogen-bond acceptors (Lipinski definition) is 2. The van der Waals surface area contributed by atoms with Crippen molar-refractivity contribution in [3.05, 3.63) is 60.7 Å². The van der Waals surface area contributed by atoms with Crippen molar-refractivity contribution in [2.24, 2.45) is 0 Å². The summed E-state index contributed by atoms with van der Waals surface area (Å²) >= 11 is 15.3. The first-order chi connectivity index (χ1) is 14.1. The SMILES string of the molecule is CC1(C)COC2=[N+]1[B-](Cl)(c1ccccc1)[N+]1=C(OCC1(C)C)[B-]2(Cl)c1ccccc1. The Hall–Kier alpha value is -1.91.